The molecule has 80 valence electrons. The van der Waals surface area contributed by atoms with E-state index in [0.717, 1.165) is 0 Å². The van der Waals surface area contributed by atoms with E-state index < -0.39 is 18.8 Å². The van der Waals surface area contributed by atoms with Crippen LogP contribution in [0.1, 0.15) is 24.5 Å². The van der Waals surface area contributed by atoms with Gasteiger partial charge in [-0.3, -0.25) is 5.32 Å². The van der Waals surface area contributed by atoms with Crippen molar-refractivity contribution in [2.45, 2.75) is 26.1 Å². The predicted octanol–water partition coefficient (Wildman–Crippen LogP) is 2.80. The van der Waals surface area contributed by atoms with E-state index in [9.17, 15) is 13.2 Å². The maximum absolute atomic E-state index is 11.8. The first-order valence-electron chi connectivity index (χ1n) is 4.25. The highest BCUT2D eigenvalue weighted by atomic mass is 19.4. The molecule has 5 heteroatoms. The van der Waals surface area contributed by atoms with Crippen LogP contribution in [0.25, 0.3) is 0 Å². The highest BCUT2D eigenvalue weighted by Crippen LogP contribution is 2.18. The number of furan rings is 1. The van der Waals surface area contributed by atoms with Crippen molar-refractivity contribution in [3.8, 4) is 0 Å². The molecule has 0 fully saturated rings. The minimum absolute atomic E-state index is 0.426. The van der Waals surface area contributed by atoms with Gasteiger partial charge in [-0.25, -0.2) is 0 Å². The lowest BCUT2D eigenvalue weighted by atomic mass is 10.2. The molecular weight excluding hydrogens is 195 g/mol. The summed E-state index contributed by atoms with van der Waals surface area (Å²) in [4.78, 5) is 0. The van der Waals surface area contributed by atoms with Crippen LogP contribution in [-0.2, 0) is 0 Å². The normalized spacial score (nSPS) is 14.4. The summed E-state index contributed by atoms with van der Waals surface area (Å²) in [5.41, 5.74) is 0. The number of rotatable bonds is 3. The molecule has 0 aliphatic heterocycles. The summed E-state index contributed by atoms with van der Waals surface area (Å²) < 4.78 is 40.7. The lowest BCUT2D eigenvalue weighted by Crippen LogP contribution is -2.30. The first-order chi connectivity index (χ1) is 6.38. The van der Waals surface area contributed by atoms with Gasteiger partial charge >= 0.3 is 6.18 Å². The maximum Gasteiger partial charge on any atom is 0.401 e. The van der Waals surface area contributed by atoms with E-state index in [-0.39, 0.29) is 0 Å². The van der Waals surface area contributed by atoms with Crippen molar-refractivity contribution in [2.75, 3.05) is 6.54 Å². The Morgan fingerprint density at radius 3 is 2.50 bits per heavy atom. The van der Waals surface area contributed by atoms with Gasteiger partial charge in [-0.05, 0) is 26.0 Å². The van der Waals surface area contributed by atoms with Crippen LogP contribution in [0.15, 0.2) is 16.5 Å². The highest BCUT2D eigenvalue weighted by molar-refractivity contribution is 5.08. The molecule has 0 amide bonds. The van der Waals surface area contributed by atoms with E-state index in [1.807, 2.05) is 0 Å². The SMILES string of the molecule is Cc1ccc([C@H](C)NCC(F)(F)F)o1. The van der Waals surface area contributed by atoms with Gasteiger partial charge in [0.15, 0.2) is 0 Å². The molecule has 0 aromatic carbocycles. The summed E-state index contributed by atoms with van der Waals surface area (Å²) in [6, 6.07) is 2.97. The fourth-order valence-electron chi connectivity index (χ4n) is 1.06. The van der Waals surface area contributed by atoms with Gasteiger partial charge in [-0.1, -0.05) is 0 Å². The number of nitrogens with one attached hydrogen (secondary N) is 1. The molecule has 1 atom stereocenters. The molecular formula is C9H12F3NO. The van der Waals surface area contributed by atoms with E-state index in [4.69, 9.17) is 4.42 Å². The summed E-state index contributed by atoms with van der Waals surface area (Å²) in [5.74, 6) is 1.22. The van der Waals surface area contributed by atoms with Crippen molar-refractivity contribution in [1.29, 1.82) is 0 Å². The molecule has 0 saturated heterocycles. The largest absolute Gasteiger partial charge is 0.465 e. The van der Waals surface area contributed by atoms with Gasteiger partial charge in [-0.15, -0.1) is 0 Å². The van der Waals surface area contributed by atoms with Crippen LogP contribution in [-0.4, -0.2) is 12.7 Å². The first kappa shape index (κ1) is 11.1. The van der Waals surface area contributed by atoms with E-state index in [1.165, 1.54) is 0 Å². The second kappa shape index (κ2) is 4.04. The molecule has 0 unspecified atom stereocenters. The molecule has 14 heavy (non-hydrogen) atoms. The summed E-state index contributed by atoms with van der Waals surface area (Å²) in [6.07, 6.45) is -4.18. The van der Waals surface area contributed by atoms with Crippen molar-refractivity contribution < 1.29 is 17.6 Å². The summed E-state index contributed by atoms with van der Waals surface area (Å²) in [6.45, 7) is 2.37. The van der Waals surface area contributed by atoms with Crippen molar-refractivity contribution in [3.05, 3.63) is 23.7 Å². The lowest BCUT2D eigenvalue weighted by Gasteiger charge is -2.12. The number of alkyl halides is 3. The van der Waals surface area contributed by atoms with E-state index in [0.29, 0.717) is 11.5 Å². The molecule has 2 nitrogen and oxygen atoms in total. The second-order valence-corrected chi connectivity index (χ2v) is 3.17. The zero-order chi connectivity index (χ0) is 10.8. The molecule has 0 radical (unpaired) electrons. The lowest BCUT2D eigenvalue weighted by molar-refractivity contribution is -0.126. The van der Waals surface area contributed by atoms with Crippen LogP contribution in [0.4, 0.5) is 13.2 Å². The van der Waals surface area contributed by atoms with Gasteiger partial charge in [-0.2, -0.15) is 13.2 Å². The molecule has 0 aliphatic carbocycles. The Kier molecular flexibility index (Phi) is 3.21. The molecule has 1 N–H and O–H groups in total. The first-order valence-corrected chi connectivity index (χ1v) is 4.25. The molecule has 0 aliphatic rings. The fourth-order valence-corrected chi connectivity index (χ4v) is 1.06. The predicted molar refractivity (Wildman–Crippen MR) is 45.9 cm³/mol. The van der Waals surface area contributed by atoms with Crippen LogP contribution in [0.3, 0.4) is 0 Å². The van der Waals surface area contributed by atoms with Gasteiger partial charge in [0.2, 0.25) is 0 Å². The highest BCUT2D eigenvalue weighted by Gasteiger charge is 2.27. The maximum atomic E-state index is 11.8. The minimum Gasteiger partial charge on any atom is -0.465 e. The van der Waals surface area contributed by atoms with E-state index >= 15 is 0 Å². The molecule has 0 spiro atoms. The van der Waals surface area contributed by atoms with E-state index in [1.54, 1.807) is 26.0 Å². The van der Waals surface area contributed by atoms with Gasteiger partial charge in [0, 0.05) is 0 Å². The Morgan fingerprint density at radius 2 is 2.07 bits per heavy atom. The van der Waals surface area contributed by atoms with Crippen LogP contribution in [0.5, 0.6) is 0 Å². The Labute approximate surface area is 80.1 Å². The van der Waals surface area contributed by atoms with Crippen LogP contribution in [0.2, 0.25) is 0 Å². The van der Waals surface area contributed by atoms with Crippen molar-refractivity contribution in [3.63, 3.8) is 0 Å². The second-order valence-electron chi connectivity index (χ2n) is 3.17. The Balaban J connectivity index is 2.47. The minimum atomic E-state index is -4.18. The van der Waals surface area contributed by atoms with E-state index in [2.05, 4.69) is 5.32 Å². The van der Waals surface area contributed by atoms with Gasteiger partial charge in [0.05, 0.1) is 12.6 Å². The Morgan fingerprint density at radius 1 is 1.43 bits per heavy atom. The summed E-state index contributed by atoms with van der Waals surface area (Å²) in [5, 5.41) is 2.33. The third kappa shape index (κ3) is 3.41. The average molecular weight is 207 g/mol. The zero-order valence-corrected chi connectivity index (χ0v) is 7.98. The van der Waals surface area contributed by atoms with Crippen molar-refractivity contribution >= 4 is 0 Å². The number of aryl methyl sites for hydroxylation is 1. The monoisotopic (exact) mass is 207 g/mol. The molecule has 1 aromatic heterocycles. The summed E-state index contributed by atoms with van der Waals surface area (Å²) in [7, 11) is 0. The van der Waals surface area contributed by atoms with Gasteiger partial charge in [0.1, 0.15) is 11.5 Å². The third-order valence-electron chi connectivity index (χ3n) is 1.80. The number of hydrogen-bond acceptors (Lipinski definition) is 2. The molecule has 0 saturated carbocycles. The topological polar surface area (TPSA) is 25.2 Å². The van der Waals surface area contributed by atoms with Crippen molar-refractivity contribution in [1.82, 2.24) is 5.32 Å². The zero-order valence-electron chi connectivity index (χ0n) is 7.98. The van der Waals surface area contributed by atoms with Crippen LogP contribution in [0, 0.1) is 6.92 Å². The van der Waals surface area contributed by atoms with Crippen LogP contribution < -0.4 is 5.32 Å². The van der Waals surface area contributed by atoms with Crippen LogP contribution >= 0.6 is 0 Å². The standard InChI is InChI=1S/C9H12F3NO/c1-6-3-4-8(14-6)7(2)13-5-9(10,11)12/h3-4,7,13H,5H2,1-2H3/t7-/m0/s1. The number of hydrogen-bond donors (Lipinski definition) is 1. The quantitative estimate of drug-likeness (QED) is 0.824. The van der Waals surface area contributed by atoms with Gasteiger partial charge in [0.25, 0.3) is 0 Å². The molecule has 1 rings (SSSR count). The van der Waals surface area contributed by atoms with Crippen molar-refractivity contribution in [2.24, 2.45) is 0 Å². The fraction of sp³-hybridized carbons (Fsp3) is 0.556. The molecule has 0 bridgehead atoms. The number of halogens is 3. The smallest absolute Gasteiger partial charge is 0.401 e. The third-order valence-corrected chi connectivity index (χ3v) is 1.80. The Hall–Kier alpha value is -0.970. The average Bonchev–Trinajstić information content (AvgIpc) is 2.46. The Bertz CT molecular complexity index is 292. The summed E-state index contributed by atoms with van der Waals surface area (Å²) >= 11 is 0. The molecule has 1 heterocycles. The molecule has 1 aromatic rings. The van der Waals surface area contributed by atoms with Gasteiger partial charge < -0.3 is 4.42 Å².